The van der Waals surface area contributed by atoms with Crippen molar-refractivity contribution in [2.24, 2.45) is 5.73 Å². The highest BCUT2D eigenvalue weighted by Gasteiger charge is 2.31. The Bertz CT molecular complexity index is 408. The van der Waals surface area contributed by atoms with Crippen LogP contribution in [0.1, 0.15) is 12.8 Å². The fraction of sp³-hybridized carbons (Fsp3) is 0.417. The van der Waals surface area contributed by atoms with Crippen molar-refractivity contribution in [3.05, 3.63) is 24.3 Å². The third-order valence-corrected chi connectivity index (χ3v) is 2.83. The van der Waals surface area contributed by atoms with Crippen LogP contribution in [0, 0.1) is 0 Å². The first-order chi connectivity index (χ1) is 8.24. The number of nitrogens with zero attached hydrogens (tertiary/aromatic N) is 2. The molecular weight excluding hydrogens is 218 g/mol. The van der Waals surface area contributed by atoms with Crippen LogP contribution in [0.4, 0.5) is 5.69 Å². The van der Waals surface area contributed by atoms with Crippen LogP contribution in [0.5, 0.6) is 5.75 Å². The summed E-state index contributed by atoms with van der Waals surface area (Å²) in [5, 5.41) is 13.3. The van der Waals surface area contributed by atoms with E-state index in [2.05, 4.69) is 0 Å². The van der Waals surface area contributed by atoms with Gasteiger partial charge in [-0.25, -0.2) is 10.0 Å². The lowest BCUT2D eigenvalue weighted by Crippen LogP contribution is -2.40. The number of aromatic hydroxyl groups is 1. The summed E-state index contributed by atoms with van der Waals surface area (Å²) >= 11 is 0. The van der Waals surface area contributed by atoms with Gasteiger partial charge in [-0.05, 0) is 25.1 Å². The number of anilines is 1. The molecule has 3 N–H and O–H groups in total. The summed E-state index contributed by atoms with van der Waals surface area (Å²) in [7, 11) is 0. The predicted octanol–water partition coefficient (Wildman–Crippen LogP) is 0.695. The first-order valence-corrected chi connectivity index (χ1v) is 5.80. The van der Waals surface area contributed by atoms with E-state index in [1.165, 1.54) is 0 Å². The Balaban J connectivity index is 2.22. The van der Waals surface area contributed by atoms with Gasteiger partial charge in [0.1, 0.15) is 11.4 Å². The highest BCUT2D eigenvalue weighted by molar-refractivity contribution is 5.95. The predicted molar refractivity (Wildman–Crippen MR) is 65.5 cm³/mol. The van der Waals surface area contributed by atoms with E-state index in [9.17, 15) is 9.90 Å². The molecule has 2 rings (SSSR count). The lowest BCUT2D eigenvalue weighted by atomic mass is 10.3. The minimum absolute atomic E-state index is 0.0171. The zero-order chi connectivity index (χ0) is 12.3. The van der Waals surface area contributed by atoms with E-state index in [1.54, 1.807) is 23.2 Å². The van der Waals surface area contributed by atoms with Crippen LogP contribution in [0.3, 0.4) is 0 Å². The fourth-order valence-corrected chi connectivity index (χ4v) is 2.00. The number of para-hydroxylation sites is 2. The molecule has 17 heavy (non-hydrogen) atoms. The minimum Gasteiger partial charge on any atom is -0.506 e. The maximum atomic E-state index is 11.8. The molecule has 1 heterocycles. The van der Waals surface area contributed by atoms with Gasteiger partial charge in [-0.1, -0.05) is 12.1 Å². The van der Waals surface area contributed by atoms with Crippen molar-refractivity contribution in [2.45, 2.75) is 12.8 Å². The smallest absolute Gasteiger partial charge is 0.243 e. The number of nitrogens with two attached hydrogens (primary N) is 1. The Morgan fingerprint density at radius 2 is 2.12 bits per heavy atom. The van der Waals surface area contributed by atoms with Crippen molar-refractivity contribution in [3.63, 3.8) is 0 Å². The zero-order valence-corrected chi connectivity index (χ0v) is 9.67. The number of phenols is 1. The van der Waals surface area contributed by atoms with Crippen LogP contribution >= 0.6 is 0 Å². The van der Waals surface area contributed by atoms with E-state index in [0.29, 0.717) is 25.2 Å². The van der Waals surface area contributed by atoms with Crippen LogP contribution in [0.25, 0.3) is 0 Å². The van der Waals surface area contributed by atoms with Gasteiger partial charge in [0.25, 0.3) is 0 Å². The number of rotatable bonds is 4. The third-order valence-electron chi connectivity index (χ3n) is 2.83. The second-order valence-corrected chi connectivity index (χ2v) is 4.04. The van der Waals surface area contributed by atoms with E-state index in [4.69, 9.17) is 5.73 Å². The average Bonchev–Trinajstić information content (AvgIpc) is 2.69. The topological polar surface area (TPSA) is 69.8 Å². The Hall–Kier alpha value is -1.59. The molecule has 0 radical (unpaired) electrons. The molecule has 0 bridgehead atoms. The molecule has 1 fully saturated rings. The zero-order valence-electron chi connectivity index (χ0n) is 9.67. The number of benzene rings is 1. The maximum Gasteiger partial charge on any atom is 0.243 e. The SMILES string of the molecule is NCCCN1CCC(=O)N1c1ccccc1O. The average molecular weight is 235 g/mol. The lowest BCUT2D eigenvalue weighted by molar-refractivity contribution is -0.118. The van der Waals surface area contributed by atoms with Gasteiger partial charge in [0, 0.05) is 19.5 Å². The Morgan fingerprint density at radius 3 is 2.82 bits per heavy atom. The monoisotopic (exact) mass is 235 g/mol. The number of phenolic OH excluding ortho intramolecular Hbond substituents is 1. The second-order valence-electron chi connectivity index (χ2n) is 4.04. The van der Waals surface area contributed by atoms with Crippen molar-refractivity contribution in [1.29, 1.82) is 0 Å². The van der Waals surface area contributed by atoms with E-state index in [-0.39, 0.29) is 11.7 Å². The van der Waals surface area contributed by atoms with Crippen LogP contribution < -0.4 is 10.7 Å². The van der Waals surface area contributed by atoms with Crippen molar-refractivity contribution < 1.29 is 9.90 Å². The molecule has 0 spiro atoms. The molecule has 5 heteroatoms. The van der Waals surface area contributed by atoms with Gasteiger partial charge >= 0.3 is 0 Å². The molecule has 92 valence electrons. The van der Waals surface area contributed by atoms with Crippen LogP contribution in [-0.2, 0) is 4.79 Å². The molecule has 1 amide bonds. The molecule has 1 aliphatic heterocycles. The summed E-state index contributed by atoms with van der Waals surface area (Å²) in [5.41, 5.74) is 6.02. The summed E-state index contributed by atoms with van der Waals surface area (Å²) in [5.74, 6) is 0.143. The molecule has 0 aromatic heterocycles. The first kappa shape index (κ1) is 11.9. The third kappa shape index (κ3) is 2.40. The quantitative estimate of drug-likeness (QED) is 0.805. The van der Waals surface area contributed by atoms with E-state index >= 15 is 0 Å². The number of carbonyl (C=O) groups excluding carboxylic acids is 1. The molecule has 0 saturated carbocycles. The molecular formula is C12H17N3O2. The standard InChI is InChI=1S/C12H17N3O2/c13-7-3-8-14-9-6-12(17)15(14)10-4-1-2-5-11(10)16/h1-2,4-5,16H,3,6-9,13H2. The van der Waals surface area contributed by atoms with Crippen molar-refractivity contribution in [1.82, 2.24) is 5.01 Å². The molecule has 5 nitrogen and oxygen atoms in total. The number of hydrogen-bond donors (Lipinski definition) is 2. The number of amides is 1. The summed E-state index contributed by atoms with van der Waals surface area (Å²) in [6.45, 7) is 2.02. The molecule has 1 aromatic carbocycles. The second kappa shape index (κ2) is 5.16. The lowest BCUT2D eigenvalue weighted by Gasteiger charge is -2.28. The Kier molecular flexibility index (Phi) is 3.61. The van der Waals surface area contributed by atoms with Gasteiger partial charge in [-0.15, -0.1) is 0 Å². The normalized spacial score (nSPS) is 16.8. The Labute approximate surface area is 100 Å². The fourth-order valence-electron chi connectivity index (χ4n) is 2.00. The Morgan fingerprint density at radius 1 is 1.35 bits per heavy atom. The summed E-state index contributed by atoms with van der Waals surface area (Å²) in [6, 6.07) is 6.88. The molecule has 0 atom stereocenters. The largest absolute Gasteiger partial charge is 0.506 e. The molecule has 0 aliphatic carbocycles. The van der Waals surface area contributed by atoms with Crippen molar-refractivity contribution in [3.8, 4) is 5.75 Å². The van der Waals surface area contributed by atoms with Crippen molar-refractivity contribution >= 4 is 11.6 Å². The van der Waals surface area contributed by atoms with Gasteiger partial charge in [0.15, 0.2) is 0 Å². The van der Waals surface area contributed by atoms with E-state index in [0.717, 1.165) is 13.0 Å². The molecule has 1 saturated heterocycles. The van der Waals surface area contributed by atoms with Crippen LogP contribution in [-0.4, -0.2) is 35.7 Å². The van der Waals surface area contributed by atoms with Crippen molar-refractivity contribution in [2.75, 3.05) is 24.6 Å². The van der Waals surface area contributed by atoms with E-state index < -0.39 is 0 Å². The van der Waals surface area contributed by atoms with Gasteiger partial charge in [-0.2, -0.15) is 0 Å². The minimum atomic E-state index is 0.0171. The highest BCUT2D eigenvalue weighted by atomic mass is 16.3. The summed E-state index contributed by atoms with van der Waals surface area (Å²) < 4.78 is 0. The van der Waals surface area contributed by atoms with Gasteiger partial charge < -0.3 is 10.8 Å². The number of hydrogen-bond acceptors (Lipinski definition) is 4. The maximum absolute atomic E-state index is 11.8. The molecule has 0 unspecified atom stereocenters. The molecule has 1 aromatic rings. The van der Waals surface area contributed by atoms with Crippen LogP contribution in [0.2, 0.25) is 0 Å². The van der Waals surface area contributed by atoms with Gasteiger partial charge in [0.05, 0.1) is 0 Å². The number of hydrazine groups is 1. The molecule has 1 aliphatic rings. The first-order valence-electron chi connectivity index (χ1n) is 5.80. The summed E-state index contributed by atoms with van der Waals surface area (Å²) in [6.07, 6.45) is 1.32. The van der Waals surface area contributed by atoms with Gasteiger partial charge in [0.2, 0.25) is 5.91 Å². The summed E-state index contributed by atoms with van der Waals surface area (Å²) in [4.78, 5) is 11.8. The highest BCUT2D eigenvalue weighted by Crippen LogP contribution is 2.30. The van der Waals surface area contributed by atoms with Crippen LogP contribution in [0.15, 0.2) is 24.3 Å². The van der Waals surface area contributed by atoms with Gasteiger partial charge in [-0.3, -0.25) is 4.79 Å². The number of carbonyl (C=O) groups is 1. The van der Waals surface area contributed by atoms with E-state index in [1.807, 2.05) is 11.1 Å².